The Morgan fingerprint density at radius 2 is 1.96 bits per heavy atom. The lowest BCUT2D eigenvalue weighted by Crippen LogP contribution is -2.28. The van der Waals surface area contributed by atoms with E-state index in [2.05, 4.69) is 0 Å². The minimum Gasteiger partial charge on any atom is -0.508 e. The second-order valence-corrected chi connectivity index (χ2v) is 6.49. The number of ether oxygens (including phenoxy) is 1. The van der Waals surface area contributed by atoms with E-state index in [-0.39, 0.29) is 43.0 Å². The van der Waals surface area contributed by atoms with Crippen LogP contribution < -0.4 is 0 Å². The molecule has 138 valence electrons. The van der Waals surface area contributed by atoms with Crippen LogP contribution in [0.1, 0.15) is 51.2 Å². The van der Waals surface area contributed by atoms with Crippen LogP contribution in [-0.2, 0) is 4.74 Å². The van der Waals surface area contributed by atoms with Crippen molar-refractivity contribution in [1.29, 1.82) is 0 Å². The molecule has 5 heteroatoms. The zero-order valence-electron chi connectivity index (χ0n) is 14.7. The van der Waals surface area contributed by atoms with Gasteiger partial charge < -0.3 is 14.9 Å². The van der Waals surface area contributed by atoms with Crippen molar-refractivity contribution in [2.75, 3.05) is 6.61 Å². The number of aliphatic hydroxyl groups excluding tert-OH is 1. The fourth-order valence-electron chi connectivity index (χ4n) is 3.05. The Bertz CT molecular complexity index is 620. The molecule has 2 rings (SSSR count). The highest BCUT2D eigenvalue weighted by Crippen LogP contribution is 2.41. The fraction of sp³-hybridized carbons (Fsp3) is 0.500. The number of phenolic OH excluding ortho intramolecular Hbond substituents is 1. The molecule has 0 aromatic heterocycles. The zero-order valence-corrected chi connectivity index (χ0v) is 14.7. The summed E-state index contributed by atoms with van der Waals surface area (Å²) in [5.74, 6) is -2.86. The van der Waals surface area contributed by atoms with E-state index in [1.807, 2.05) is 6.92 Å². The van der Waals surface area contributed by atoms with Crippen LogP contribution in [0.4, 0.5) is 8.78 Å². The van der Waals surface area contributed by atoms with Crippen molar-refractivity contribution in [1.82, 2.24) is 0 Å². The number of hydrogen-bond acceptors (Lipinski definition) is 3. The van der Waals surface area contributed by atoms with Crippen molar-refractivity contribution in [2.45, 2.75) is 51.6 Å². The number of aromatic hydroxyl groups is 1. The summed E-state index contributed by atoms with van der Waals surface area (Å²) in [4.78, 5) is 0. The van der Waals surface area contributed by atoms with E-state index in [9.17, 15) is 19.0 Å². The molecule has 2 N–H and O–H groups in total. The Labute approximate surface area is 147 Å². The van der Waals surface area contributed by atoms with Crippen molar-refractivity contribution in [3.8, 4) is 5.75 Å². The van der Waals surface area contributed by atoms with Crippen molar-refractivity contribution in [2.24, 2.45) is 5.92 Å². The van der Waals surface area contributed by atoms with Gasteiger partial charge in [-0.05, 0) is 54.2 Å². The smallest absolute Gasteiger partial charge is 0.248 e. The molecule has 25 heavy (non-hydrogen) atoms. The standard InChI is InChI=1S/C20H26F2O3/c1-3-5-18(24)10-16-13-25-19(14-6-8-17(23)9-7-14)11-15(16)12-20(21,22)4-2/h5-10,15,19,23-24H,3-4,11-13H2,1-2H3/b16-10+,18-5+. The quantitative estimate of drug-likeness (QED) is 0.647. The molecule has 0 spiro atoms. The molecule has 1 aromatic rings. The molecular weight excluding hydrogens is 326 g/mol. The van der Waals surface area contributed by atoms with Crippen LogP contribution in [0, 0.1) is 5.92 Å². The summed E-state index contributed by atoms with van der Waals surface area (Å²) in [6.07, 6.45) is 3.53. The number of phenols is 1. The molecule has 3 nitrogen and oxygen atoms in total. The van der Waals surface area contributed by atoms with E-state index in [1.54, 1.807) is 36.4 Å². The predicted octanol–water partition coefficient (Wildman–Crippen LogP) is 5.68. The van der Waals surface area contributed by atoms with Crippen molar-refractivity contribution in [3.63, 3.8) is 0 Å². The van der Waals surface area contributed by atoms with Crippen LogP contribution >= 0.6 is 0 Å². The number of allylic oxidation sites excluding steroid dienone is 2. The van der Waals surface area contributed by atoms with Gasteiger partial charge in [-0.15, -0.1) is 0 Å². The maximum absolute atomic E-state index is 14.0. The van der Waals surface area contributed by atoms with Crippen molar-refractivity contribution < 1.29 is 23.7 Å². The van der Waals surface area contributed by atoms with Gasteiger partial charge in [0.15, 0.2) is 0 Å². The van der Waals surface area contributed by atoms with Gasteiger partial charge in [0.05, 0.1) is 12.7 Å². The van der Waals surface area contributed by atoms with Gasteiger partial charge in [0.2, 0.25) is 5.92 Å². The molecule has 2 unspecified atom stereocenters. The second-order valence-electron chi connectivity index (χ2n) is 6.49. The van der Waals surface area contributed by atoms with E-state index < -0.39 is 5.92 Å². The summed E-state index contributed by atoms with van der Waals surface area (Å²) < 4.78 is 33.8. The van der Waals surface area contributed by atoms with E-state index in [0.29, 0.717) is 18.4 Å². The molecule has 0 amide bonds. The van der Waals surface area contributed by atoms with Gasteiger partial charge in [-0.2, -0.15) is 0 Å². The first-order valence-electron chi connectivity index (χ1n) is 8.72. The maximum atomic E-state index is 14.0. The molecule has 0 bridgehead atoms. The highest BCUT2D eigenvalue weighted by Gasteiger charge is 2.36. The average Bonchev–Trinajstić information content (AvgIpc) is 2.57. The SMILES string of the molecule is CC/C=C(O)\C=C1/COC(c2ccc(O)cc2)CC1CC(F)(F)CC. The van der Waals surface area contributed by atoms with E-state index in [4.69, 9.17) is 4.74 Å². The lowest BCUT2D eigenvalue weighted by molar-refractivity contribution is -0.0459. The van der Waals surface area contributed by atoms with Gasteiger partial charge in [0, 0.05) is 12.8 Å². The van der Waals surface area contributed by atoms with Gasteiger partial charge in [0.1, 0.15) is 11.5 Å². The molecule has 1 aromatic carbocycles. The zero-order chi connectivity index (χ0) is 18.4. The number of halogens is 2. The summed E-state index contributed by atoms with van der Waals surface area (Å²) >= 11 is 0. The average molecular weight is 352 g/mol. The Morgan fingerprint density at radius 3 is 2.56 bits per heavy atom. The predicted molar refractivity (Wildman–Crippen MR) is 93.8 cm³/mol. The third-order valence-corrected chi connectivity index (χ3v) is 4.55. The summed E-state index contributed by atoms with van der Waals surface area (Å²) in [7, 11) is 0. The van der Waals surface area contributed by atoms with Crippen LogP contribution in [0.2, 0.25) is 0 Å². The van der Waals surface area contributed by atoms with Gasteiger partial charge in [0.25, 0.3) is 0 Å². The summed E-state index contributed by atoms with van der Waals surface area (Å²) in [6.45, 7) is 3.59. The highest BCUT2D eigenvalue weighted by atomic mass is 19.3. The lowest BCUT2D eigenvalue weighted by Gasteiger charge is -2.34. The van der Waals surface area contributed by atoms with Gasteiger partial charge in [-0.25, -0.2) is 8.78 Å². The van der Waals surface area contributed by atoms with Crippen LogP contribution in [0.5, 0.6) is 5.75 Å². The summed E-state index contributed by atoms with van der Waals surface area (Å²) in [5.41, 5.74) is 1.56. The Morgan fingerprint density at radius 1 is 1.28 bits per heavy atom. The Kier molecular flexibility index (Phi) is 6.59. The number of hydrogen-bond donors (Lipinski definition) is 2. The highest BCUT2D eigenvalue weighted by molar-refractivity contribution is 5.29. The first-order chi connectivity index (χ1) is 11.8. The van der Waals surface area contributed by atoms with Crippen LogP contribution in [0.3, 0.4) is 0 Å². The first kappa shape index (κ1) is 19.4. The van der Waals surface area contributed by atoms with Gasteiger partial charge in [-0.1, -0.05) is 26.0 Å². The molecule has 0 aliphatic carbocycles. The molecule has 1 saturated heterocycles. The van der Waals surface area contributed by atoms with Gasteiger partial charge in [-0.3, -0.25) is 0 Å². The monoisotopic (exact) mass is 352 g/mol. The molecule has 1 heterocycles. The lowest BCUT2D eigenvalue weighted by atomic mass is 9.83. The number of benzene rings is 1. The van der Waals surface area contributed by atoms with Gasteiger partial charge >= 0.3 is 0 Å². The third kappa shape index (κ3) is 5.56. The van der Waals surface area contributed by atoms with Crippen molar-refractivity contribution >= 4 is 0 Å². The van der Waals surface area contributed by atoms with Crippen LogP contribution in [0.15, 0.2) is 47.7 Å². The van der Waals surface area contributed by atoms with Crippen LogP contribution in [-0.4, -0.2) is 22.7 Å². The number of aliphatic hydroxyl groups is 1. The van der Waals surface area contributed by atoms with E-state index in [0.717, 1.165) is 5.56 Å². The topological polar surface area (TPSA) is 49.7 Å². The molecule has 1 aliphatic heterocycles. The number of alkyl halides is 2. The van der Waals surface area contributed by atoms with Crippen LogP contribution in [0.25, 0.3) is 0 Å². The maximum Gasteiger partial charge on any atom is 0.248 e. The Balaban J connectivity index is 2.23. The largest absolute Gasteiger partial charge is 0.508 e. The minimum absolute atomic E-state index is 0.0917. The van der Waals surface area contributed by atoms with E-state index >= 15 is 0 Å². The fourth-order valence-corrected chi connectivity index (χ4v) is 3.05. The molecule has 1 fully saturated rings. The first-order valence-corrected chi connectivity index (χ1v) is 8.72. The third-order valence-electron chi connectivity index (χ3n) is 4.55. The molecular formula is C20H26F2O3. The summed E-state index contributed by atoms with van der Waals surface area (Å²) in [5, 5.41) is 19.3. The molecule has 1 aliphatic rings. The van der Waals surface area contributed by atoms with E-state index in [1.165, 1.54) is 6.92 Å². The molecule has 0 saturated carbocycles. The normalized spacial score (nSPS) is 23.8. The van der Waals surface area contributed by atoms with Crippen molar-refractivity contribution in [3.05, 3.63) is 53.3 Å². The second kappa shape index (κ2) is 8.48. The molecule has 0 radical (unpaired) electrons. The minimum atomic E-state index is -2.75. The molecule has 2 atom stereocenters. The Hall–Kier alpha value is -1.88. The number of rotatable bonds is 6. The summed E-state index contributed by atoms with van der Waals surface area (Å²) in [6, 6.07) is 6.63.